The fraction of sp³-hybridized carbons (Fsp3) is 0.250. The van der Waals surface area contributed by atoms with Crippen LogP contribution in [0.2, 0.25) is 0 Å². The van der Waals surface area contributed by atoms with Gasteiger partial charge in [-0.2, -0.15) is 0 Å². The zero-order valence-corrected chi connectivity index (χ0v) is 12.0. The summed E-state index contributed by atoms with van der Waals surface area (Å²) >= 11 is 0. The van der Waals surface area contributed by atoms with Gasteiger partial charge in [-0.05, 0) is 37.1 Å². The second kappa shape index (κ2) is 8.71. The fourth-order valence-corrected chi connectivity index (χ4v) is 1.55. The van der Waals surface area contributed by atoms with E-state index in [1.807, 2.05) is 0 Å². The molecule has 0 bridgehead atoms. The van der Waals surface area contributed by atoms with Crippen LogP contribution in [0.4, 0.5) is 5.69 Å². The molecule has 0 fully saturated rings. The number of ether oxygens (including phenoxy) is 1. The van der Waals surface area contributed by atoms with Crippen molar-refractivity contribution in [3.63, 3.8) is 0 Å². The number of carbonyl (C=O) groups excluding carboxylic acids is 2. The number of nitrogens with one attached hydrogen (secondary N) is 1. The Labute approximate surface area is 124 Å². The molecule has 0 aliphatic carbocycles. The first-order valence-electron chi connectivity index (χ1n) is 6.69. The average Bonchev–Trinajstić information content (AvgIpc) is 2.47. The summed E-state index contributed by atoms with van der Waals surface area (Å²) in [5.74, 6) is -0.644. The molecule has 0 radical (unpaired) electrons. The summed E-state index contributed by atoms with van der Waals surface area (Å²) in [5.41, 5.74) is 7.15. The van der Waals surface area contributed by atoms with Crippen molar-refractivity contribution in [3.8, 4) is 0 Å². The summed E-state index contributed by atoms with van der Waals surface area (Å²) in [6.07, 6.45) is 5.03. The van der Waals surface area contributed by atoms with Gasteiger partial charge in [-0.1, -0.05) is 18.2 Å². The molecule has 0 aliphatic heterocycles. The molecule has 1 rings (SSSR count). The van der Waals surface area contributed by atoms with Gasteiger partial charge >= 0.3 is 5.97 Å². The molecule has 21 heavy (non-hydrogen) atoms. The number of rotatable bonds is 7. The second-order valence-corrected chi connectivity index (χ2v) is 4.33. The van der Waals surface area contributed by atoms with E-state index in [4.69, 9.17) is 10.5 Å². The van der Waals surface area contributed by atoms with Crippen LogP contribution in [0.25, 0.3) is 6.08 Å². The Kier molecular flexibility index (Phi) is 6.91. The molecule has 1 atom stereocenters. The van der Waals surface area contributed by atoms with Crippen molar-refractivity contribution < 1.29 is 14.3 Å². The third kappa shape index (κ3) is 6.05. The van der Waals surface area contributed by atoms with Crippen molar-refractivity contribution in [2.24, 2.45) is 5.73 Å². The van der Waals surface area contributed by atoms with Crippen molar-refractivity contribution >= 4 is 23.6 Å². The van der Waals surface area contributed by atoms with E-state index in [9.17, 15) is 9.59 Å². The molecule has 0 aromatic heterocycles. The molecule has 1 amide bonds. The Balaban J connectivity index is 2.60. The quantitative estimate of drug-likeness (QED) is 0.457. The smallest absolute Gasteiger partial charge is 0.330 e. The zero-order chi connectivity index (χ0) is 15.7. The lowest BCUT2D eigenvalue weighted by Gasteiger charge is -2.10. The summed E-state index contributed by atoms with van der Waals surface area (Å²) in [6, 6.07) is 6.44. The van der Waals surface area contributed by atoms with E-state index in [0.717, 1.165) is 5.56 Å². The van der Waals surface area contributed by atoms with Gasteiger partial charge in [-0.3, -0.25) is 4.79 Å². The Hall–Kier alpha value is -2.40. The molecule has 0 saturated carbocycles. The van der Waals surface area contributed by atoms with Gasteiger partial charge in [-0.15, -0.1) is 6.58 Å². The van der Waals surface area contributed by atoms with Gasteiger partial charge in [0.05, 0.1) is 12.6 Å². The predicted octanol–water partition coefficient (Wildman–Crippen LogP) is 2.10. The monoisotopic (exact) mass is 288 g/mol. The van der Waals surface area contributed by atoms with E-state index >= 15 is 0 Å². The summed E-state index contributed by atoms with van der Waals surface area (Å²) in [6.45, 7) is 5.64. The molecule has 0 saturated heterocycles. The molecule has 5 nitrogen and oxygen atoms in total. The lowest BCUT2D eigenvalue weighted by molar-refractivity contribution is -0.137. The highest BCUT2D eigenvalue weighted by molar-refractivity contribution is 5.95. The second-order valence-electron chi connectivity index (χ2n) is 4.33. The first kappa shape index (κ1) is 16.7. The Bertz CT molecular complexity index is 521. The molecule has 0 spiro atoms. The summed E-state index contributed by atoms with van der Waals surface area (Å²) < 4.78 is 4.78. The van der Waals surface area contributed by atoms with Crippen LogP contribution in [0.5, 0.6) is 0 Å². The number of carbonyl (C=O) groups is 2. The maximum Gasteiger partial charge on any atom is 0.330 e. The third-order valence-corrected chi connectivity index (χ3v) is 2.63. The van der Waals surface area contributed by atoms with Crippen LogP contribution in [0.1, 0.15) is 18.9 Å². The highest BCUT2D eigenvalue weighted by Gasteiger charge is 2.11. The van der Waals surface area contributed by atoms with Crippen molar-refractivity contribution in [2.45, 2.75) is 19.4 Å². The highest BCUT2D eigenvalue weighted by atomic mass is 16.5. The van der Waals surface area contributed by atoms with Gasteiger partial charge in [0.2, 0.25) is 5.91 Å². The highest BCUT2D eigenvalue weighted by Crippen LogP contribution is 2.11. The fourth-order valence-electron chi connectivity index (χ4n) is 1.55. The zero-order valence-electron chi connectivity index (χ0n) is 12.0. The van der Waals surface area contributed by atoms with Gasteiger partial charge in [0.15, 0.2) is 0 Å². The van der Waals surface area contributed by atoms with Gasteiger partial charge in [0, 0.05) is 11.8 Å². The molecule has 1 aromatic carbocycles. The van der Waals surface area contributed by atoms with E-state index in [0.29, 0.717) is 18.7 Å². The Morgan fingerprint density at radius 3 is 2.62 bits per heavy atom. The maximum absolute atomic E-state index is 11.7. The molecule has 0 heterocycles. The van der Waals surface area contributed by atoms with Crippen molar-refractivity contribution in [1.29, 1.82) is 0 Å². The number of amides is 1. The number of esters is 1. The maximum atomic E-state index is 11.7. The SMILES string of the molecule is C=CCC(N)C(=O)Nc1ccc(/C=C/C(=O)OCC)cc1. The van der Waals surface area contributed by atoms with E-state index in [2.05, 4.69) is 11.9 Å². The molecule has 1 aromatic rings. The number of nitrogens with two attached hydrogens (primary N) is 1. The molecule has 1 unspecified atom stereocenters. The lowest BCUT2D eigenvalue weighted by Crippen LogP contribution is -2.35. The van der Waals surface area contributed by atoms with E-state index in [1.54, 1.807) is 43.3 Å². The minimum atomic E-state index is -0.606. The minimum absolute atomic E-state index is 0.260. The van der Waals surface area contributed by atoms with Gasteiger partial charge in [0.25, 0.3) is 0 Å². The van der Waals surface area contributed by atoms with Crippen LogP contribution in [0.3, 0.4) is 0 Å². The lowest BCUT2D eigenvalue weighted by atomic mass is 10.1. The van der Waals surface area contributed by atoms with E-state index < -0.39 is 6.04 Å². The van der Waals surface area contributed by atoms with Crippen LogP contribution in [0, 0.1) is 0 Å². The van der Waals surface area contributed by atoms with Gasteiger partial charge < -0.3 is 15.8 Å². The summed E-state index contributed by atoms with van der Waals surface area (Å²) in [7, 11) is 0. The third-order valence-electron chi connectivity index (χ3n) is 2.63. The molecular formula is C16H20N2O3. The Morgan fingerprint density at radius 2 is 2.05 bits per heavy atom. The minimum Gasteiger partial charge on any atom is -0.463 e. The molecule has 3 N–H and O–H groups in total. The van der Waals surface area contributed by atoms with Crippen molar-refractivity contribution in [1.82, 2.24) is 0 Å². The topological polar surface area (TPSA) is 81.4 Å². The van der Waals surface area contributed by atoms with E-state index in [1.165, 1.54) is 6.08 Å². The van der Waals surface area contributed by atoms with Crippen LogP contribution < -0.4 is 11.1 Å². The predicted molar refractivity (Wildman–Crippen MR) is 83.5 cm³/mol. The first-order valence-corrected chi connectivity index (χ1v) is 6.69. The van der Waals surface area contributed by atoms with Crippen LogP contribution in [0.15, 0.2) is 43.0 Å². The van der Waals surface area contributed by atoms with Crippen LogP contribution >= 0.6 is 0 Å². The Morgan fingerprint density at radius 1 is 1.38 bits per heavy atom. The molecule has 0 aliphatic rings. The van der Waals surface area contributed by atoms with Gasteiger partial charge in [0.1, 0.15) is 0 Å². The molecular weight excluding hydrogens is 268 g/mol. The largest absolute Gasteiger partial charge is 0.463 e. The first-order chi connectivity index (χ1) is 10.1. The normalized spacial score (nSPS) is 11.9. The number of anilines is 1. The summed E-state index contributed by atoms with van der Waals surface area (Å²) in [4.78, 5) is 22.9. The van der Waals surface area contributed by atoms with Crippen molar-refractivity contribution in [2.75, 3.05) is 11.9 Å². The van der Waals surface area contributed by atoms with Gasteiger partial charge in [-0.25, -0.2) is 4.79 Å². The molecule has 5 heteroatoms. The number of hydrogen-bond acceptors (Lipinski definition) is 4. The molecule has 112 valence electrons. The number of benzene rings is 1. The number of hydrogen-bond donors (Lipinski definition) is 2. The average molecular weight is 288 g/mol. The standard InChI is InChI=1S/C16H20N2O3/c1-3-5-14(17)16(20)18-13-9-6-12(7-10-13)8-11-15(19)21-4-2/h3,6-11,14H,1,4-5,17H2,2H3,(H,18,20)/b11-8+. The van der Waals surface area contributed by atoms with Crippen molar-refractivity contribution in [3.05, 3.63) is 48.6 Å². The van der Waals surface area contributed by atoms with Crippen LogP contribution in [-0.4, -0.2) is 24.5 Å². The summed E-state index contributed by atoms with van der Waals surface area (Å²) in [5, 5.41) is 2.71. The van der Waals surface area contributed by atoms with Crippen LogP contribution in [-0.2, 0) is 14.3 Å². The van der Waals surface area contributed by atoms with E-state index in [-0.39, 0.29) is 11.9 Å².